The normalized spacial score (nSPS) is 15.6. The summed E-state index contributed by atoms with van der Waals surface area (Å²) in [4.78, 5) is 32.5. The van der Waals surface area contributed by atoms with Gasteiger partial charge in [0.25, 0.3) is 5.91 Å². The molecule has 1 aliphatic heterocycles. The Morgan fingerprint density at radius 2 is 1.91 bits per heavy atom. The van der Waals surface area contributed by atoms with Crippen LogP contribution in [0.25, 0.3) is 0 Å². The molecule has 0 spiro atoms. The minimum atomic E-state index is -0.0938. The Bertz CT molecular complexity index is 612. The van der Waals surface area contributed by atoms with Crippen LogP contribution in [0.5, 0.6) is 0 Å². The van der Waals surface area contributed by atoms with Gasteiger partial charge in [-0.1, -0.05) is 0 Å². The van der Waals surface area contributed by atoms with E-state index in [0.29, 0.717) is 19.1 Å². The summed E-state index contributed by atoms with van der Waals surface area (Å²) in [6.07, 6.45) is 8.28. The van der Waals surface area contributed by atoms with E-state index in [2.05, 4.69) is 24.8 Å². The van der Waals surface area contributed by atoms with Gasteiger partial charge < -0.3 is 9.80 Å². The molecule has 1 amide bonds. The van der Waals surface area contributed by atoms with Crippen molar-refractivity contribution in [3.8, 4) is 0 Å². The summed E-state index contributed by atoms with van der Waals surface area (Å²) in [6.45, 7) is 1.41. The average molecular weight is 298 g/mol. The van der Waals surface area contributed by atoms with Gasteiger partial charge in [-0.3, -0.25) is 4.79 Å². The van der Waals surface area contributed by atoms with Crippen molar-refractivity contribution in [1.82, 2.24) is 24.8 Å². The molecule has 0 bridgehead atoms. The molecule has 2 aromatic heterocycles. The van der Waals surface area contributed by atoms with E-state index < -0.39 is 0 Å². The van der Waals surface area contributed by atoms with E-state index in [0.717, 1.165) is 18.7 Å². The summed E-state index contributed by atoms with van der Waals surface area (Å²) in [5.41, 5.74) is 0. The number of hydrogen-bond donors (Lipinski definition) is 0. The van der Waals surface area contributed by atoms with Crippen LogP contribution in [0.3, 0.4) is 0 Å². The number of hydrogen-bond acceptors (Lipinski definition) is 6. The van der Waals surface area contributed by atoms with Crippen molar-refractivity contribution in [1.29, 1.82) is 0 Å². The van der Waals surface area contributed by atoms with Crippen molar-refractivity contribution in [2.75, 3.05) is 25.0 Å². The molecule has 0 N–H and O–H groups in total. The predicted molar refractivity (Wildman–Crippen MR) is 81.4 cm³/mol. The maximum atomic E-state index is 12.3. The molecule has 3 heterocycles. The van der Waals surface area contributed by atoms with Gasteiger partial charge in [0.15, 0.2) is 0 Å². The SMILES string of the molecule is CN(c1ccncn1)C1CCN(C(=O)c2ncccn2)CC1. The third-order valence-corrected chi connectivity index (χ3v) is 3.98. The van der Waals surface area contributed by atoms with Gasteiger partial charge in [0.1, 0.15) is 12.1 Å². The molecule has 0 saturated carbocycles. The van der Waals surface area contributed by atoms with Crippen LogP contribution in [0.4, 0.5) is 5.82 Å². The molecule has 0 atom stereocenters. The molecule has 0 aromatic carbocycles. The van der Waals surface area contributed by atoms with Gasteiger partial charge in [-0.2, -0.15) is 0 Å². The van der Waals surface area contributed by atoms with Crippen LogP contribution >= 0.6 is 0 Å². The minimum Gasteiger partial charge on any atom is -0.356 e. The molecule has 0 radical (unpaired) electrons. The lowest BCUT2D eigenvalue weighted by atomic mass is 10.0. The lowest BCUT2D eigenvalue weighted by Gasteiger charge is -2.36. The molecular formula is C15H18N6O. The molecule has 0 aliphatic carbocycles. The van der Waals surface area contributed by atoms with Crippen LogP contribution in [-0.2, 0) is 0 Å². The third kappa shape index (κ3) is 3.03. The highest BCUT2D eigenvalue weighted by Crippen LogP contribution is 2.20. The van der Waals surface area contributed by atoms with Crippen LogP contribution < -0.4 is 4.90 Å². The highest BCUT2D eigenvalue weighted by molar-refractivity contribution is 5.90. The molecule has 1 aliphatic rings. The van der Waals surface area contributed by atoms with Crippen molar-refractivity contribution in [2.45, 2.75) is 18.9 Å². The standard InChI is InChI=1S/C15H18N6O/c1-20(13-3-8-16-11-19-13)12-4-9-21(10-5-12)15(22)14-17-6-2-7-18-14/h2-3,6-8,11-12H,4-5,9-10H2,1H3. The second kappa shape index (κ2) is 6.46. The summed E-state index contributed by atoms with van der Waals surface area (Å²) in [5.74, 6) is 1.08. The zero-order chi connectivity index (χ0) is 15.4. The topological polar surface area (TPSA) is 75.1 Å². The number of aromatic nitrogens is 4. The molecular weight excluding hydrogens is 280 g/mol. The van der Waals surface area contributed by atoms with E-state index in [1.54, 1.807) is 31.0 Å². The summed E-state index contributed by atoms with van der Waals surface area (Å²) in [5, 5.41) is 0. The maximum Gasteiger partial charge on any atom is 0.291 e. The van der Waals surface area contributed by atoms with Crippen molar-refractivity contribution in [3.05, 3.63) is 42.9 Å². The number of piperidine rings is 1. The fourth-order valence-electron chi connectivity index (χ4n) is 2.69. The Kier molecular flexibility index (Phi) is 4.22. The predicted octanol–water partition coefficient (Wildman–Crippen LogP) is 1.01. The van der Waals surface area contributed by atoms with E-state index in [-0.39, 0.29) is 11.7 Å². The number of rotatable bonds is 3. The summed E-state index contributed by atoms with van der Waals surface area (Å²) >= 11 is 0. The Morgan fingerprint density at radius 3 is 2.55 bits per heavy atom. The smallest absolute Gasteiger partial charge is 0.291 e. The first kappa shape index (κ1) is 14.4. The molecule has 7 heteroatoms. The van der Waals surface area contributed by atoms with E-state index >= 15 is 0 Å². The number of anilines is 1. The molecule has 2 aromatic rings. The molecule has 3 rings (SSSR count). The van der Waals surface area contributed by atoms with E-state index in [4.69, 9.17) is 0 Å². The molecule has 7 nitrogen and oxygen atoms in total. The Labute approximate surface area is 129 Å². The largest absolute Gasteiger partial charge is 0.356 e. The molecule has 22 heavy (non-hydrogen) atoms. The van der Waals surface area contributed by atoms with E-state index in [1.807, 2.05) is 18.0 Å². The number of nitrogens with zero attached hydrogens (tertiary/aromatic N) is 6. The van der Waals surface area contributed by atoms with Crippen molar-refractivity contribution in [2.24, 2.45) is 0 Å². The van der Waals surface area contributed by atoms with Crippen LogP contribution in [0.1, 0.15) is 23.5 Å². The van der Waals surface area contributed by atoms with Crippen LogP contribution in [0.15, 0.2) is 37.1 Å². The lowest BCUT2D eigenvalue weighted by molar-refractivity contribution is 0.0700. The highest BCUT2D eigenvalue weighted by Gasteiger charge is 2.27. The second-order valence-corrected chi connectivity index (χ2v) is 5.27. The van der Waals surface area contributed by atoms with Gasteiger partial charge in [0.05, 0.1) is 0 Å². The van der Waals surface area contributed by atoms with E-state index in [1.165, 1.54) is 0 Å². The van der Waals surface area contributed by atoms with Gasteiger partial charge >= 0.3 is 0 Å². The zero-order valence-corrected chi connectivity index (χ0v) is 12.5. The van der Waals surface area contributed by atoms with Crippen LogP contribution in [0.2, 0.25) is 0 Å². The second-order valence-electron chi connectivity index (χ2n) is 5.27. The maximum absolute atomic E-state index is 12.3. The van der Waals surface area contributed by atoms with Crippen molar-refractivity contribution in [3.63, 3.8) is 0 Å². The Morgan fingerprint density at radius 1 is 1.18 bits per heavy atom. The first-order valence-corrected chi connectivity index (χ1v) is 7.31. The first-order chi connectivity index (χ1) is 10.8. The Balaban J connectivity index is 1.60. The van der Waals surface area contributed by atoms with Crippen molar-refractivity contribution < 1.29 is 4.79 Å². The van der Waals surface area contributed by atoms with Crippen molar-refractivity contribution >= 4 is 11.7 Å². The lowest BCUT2D eigenvalue weighted by Crippen LogP contribution is -2.46. The van der Waals surface area contributed by atoms with Gasteiger partial charge in [-0.25, -0.2) is 19.9 Å². The fourth-order valence-corrected chi connectivity index (χ4v) is 2.69. The van der Waals surface area contributed by atoms with Crippen LogP contribution in [0, 0.1) is 0 Å². The third-order valence-electron chi connectivity index (χ3n) is 3.98. The highest BCUT2D eigenvalue weighted by atomic mass is 16.2. The number of likely N-dealkylation sites (tertiary alicyclic amines) is 1. The van der Waals surface area contributed by atoms with Gasteiger partial charge in [0, 0.05) is 44.8 Å². The summed E-state index contributed by atoms with van der Waals surface area (Å²) in [7, 11) is 2.03. The van der Waals surface area contributed by atoms with Crippen LogP contribution in [-0.4, -0.2) is 56.9 Å². The molecule has 0 unspecified atom stereocenters. The number of carbonyl (C=O) groups is 1. The minimum absolute atomic E-state index is 0.0938. The Hall–Kier alpha value is -2.57. The quantitative estimate of drug-likeness (QED) is 0.842. The van der Waals surface area contributed by atoms with Gasteiger partial charge in [-0.05, 0) is 25.0 Å². The van der Waals surface area contributed by atoms with Gasteiger partial charge in [0.2, 0.25) is 5.82 Å². The summed E-state index contributed by atoms with van der Waals surface area (Å²) in [6, 6.07) is 3.98. The number of amides is 1. The fraction of sp³-hybridized carbons (Fsp3) is 0.400. The number of carbonyl (C=O) groups excluding carboxylic acids is 1. The summed E-state index contributed by atoms with van der Waals surface area (Å²) < 4.78 is 0. The zero-order valence-electron chi connectivity index (χ0n) is 12.5. The molecule has 1 saturated heterocycles. The van der Waals surface area contributed by atoms with Gasteiger partial charge in [-0.15, -0.1) is 0 Å². The van der Waals surface area contributed by atoms with E-state index in [9.17, 15) is 4.79 Å². The monoisotopic (exact) mass is 298 g/mol. The molecule has 1 fully saturated rings. The molecule has 114 valence electrons. The first-order valence-electron chi connectivity index (χ1n) is 7.31. The average Bonchev–Trinajstić information content (AvgIpc) is 2.62.